The van der Waals surface area contributed by atoms with Crippen LogP contribution in [0.4, 0.5) is 0 Å². The fourth-order valence-corrected chi connectivity index (χ4v) is 3.36. The number of rotatable bonds is 0. The highest BCUT2D eigenvalue weighted by Crippen LogP contribution is 2.45. The third-order valence-corrected chi connectivity index (χ3v) is 4.57. The fraction of sp³-hybridized carbons (Fsp3) is 0.0476. The minimum atomic E-state index is -0.664. The molecule has 1 heterocycles. The van der Waals surface area contributed by atoms with Crippen molar-refractivity contribution in [1.82, 2.24) is 0 Å². The third-order valence-electron chi connectivity index (χ3n) is 4.57. The van der Waals surface area contributed by atoms with Crippen LogP contribution in [0.25, 0.3) is 21.5 Å². The van der Waals surface area contributed by atoms with E-state index in [0.29, 0.717) is 0 Å². The van der Waals surface area contributed by atoms with E-state index < -0.39 is 6.10 Å². The maximum atomic E-state index is 10.9. The van der Waals surface area contributed by atoms with Crippen LogP contribution >= 0.6 is 0 Å². The van der Waals surface area contributed by atoms with Crippen molar-refractivity contribution in [3.63, 3.8) is 0 Å². The molecule has 0 amide bonds. The lowest BCUT2D eigenvalue weighted by Crippen LogP contribution is -2.09. The van der Waals surface area contributed by atoms with Crippen LogP contribution in [0.2, 0.25) is 0 Å². The molecule has 23 heavy (non-hydrogen) atoms. The highest BCUT2D eigenvalue weighted by atomic mass is 16.5. The molecule has 0 aromatic heterocycles. The Kier molecular flexibility index (Phi) is 2.52. The molecule has 5 rings (SSSR count). The van der Waals surface area contributed by atoms with Gasteiger partial charge in [-0.3, -0.25) is 0 Å². The second kappa shape index (κ2) is 4.58. The largest absolute Gasteiger partial charge is 0.457 e. The van der Waals surface area contributed by atoms with Crippen LogP contribution in [0, 0.1) is 0 Å². The molecular formula is C21H14O2. The van der Waals surface area contributed by atoms with Crippen LogP contribution < -0.4 is 4.74 Å². The van der Waals surface area contributed by atoms with Gasteiger partial charge in [0, 0.05) is 11.1 Å². The van der Waals surface area contributed by atoms with Gasteiger partial charge in [-0.15, -0.1) is 0 Å². The zero-order valence-corrected chi connectivity index (χ0v) is 12.4. The van der Waals surface area contributed by atoms with Gasteiger partial charge in [0.1, 0.15) is 17.6 Å². The zero-order valence-electron chi connectivity index (χ0n) is 12.4. The first-order valence-corrected chi connectivity index (χ1v) is 7.71. The summed E-state index contributed by atoms with van der Waals surface area (Å²) in [5.41, 5.74) is 1.65. The number of hydrogen-bond donors (Lipinski definition) is 1. The number of benzene rings is 4. The normalized spacial score (nSPS) is 13.6. The minimum Gasteiger partial charge on any atom is -0.457 e. The van der Waals surface area contributed by atoms with Gasteiger partial charge >= 0.3 is 0 Å². The van der Waals surface area contributed by atoms with Crippen molar-refractivity contribution < 1.29 is 9.84 Å². The molecule has 2 nitrogen and oxygen atoms in total. The highest BCUT2D eigenvalue weighted by molar-refractivity contribution is 5.88. The molecule has 1 aliphatic rings. The van der Waals surface area contributed by atoms with Crippen molar-refractivity contribution in [3.8, 4) is 11.5 Å². The fourth-order valence-electron chi connectivity index (χ4n) is 3.36. The summed E-state index contributed by atoms with van der Waals surface area (Å²) in [5.74, 6) is 1.47. The quantitative estimate of drug-likeness (QED) is 0.484. The van der Waals surface area contributed by atoms with Gasteiger partial charge in [0.25, 0.3) is 0 Å². The molecule has 0 unspecified atom stereocenters. The summed E-state index contributed by atoms with van der Waals surface area (Å²) in [5, 5.41) is 15.3. The van der Waals surface area contributed by atoms with E-state index in [1.165, 1.54) is 0 Å². The van der Waals surface area contributed by atoms with Gasteiger partial charge in [0.15, 0.2) is 0 Å². The molecule has 0 fully saturated rings. The van der Waals surface area contributed by atoms with Gasteiger partial charge in [-0.2, -0.15) is 0 Å². The first-order chi connectivity index (χ1) is 11.3. The van der Waals surface area contributed by atoms with Gasteiger partial charge in [-0.1, -0.05) is 48.5 Å². The third kappa shape index (κ3) is 1.85. The Labute approximate surface area is 133 Å². The molecule has 0 radical (unpaired) electrons. The summed E-state index contributed by atoms with van der Waals surface area (Å²) in [6.07, 6.45) is -0.664. The van der Waals surface area contributed by atoms with Crippen LogP contribution in [0.3, 0.4) is 0 Å². The Morgan fingerprint density at radius 2 is 1.00 bits per heavy atom. The van der Waals surface area contributed by atoms with E-state index in [1.807, 2.05) is 48.5 Å². The SMILES string of the molecule is OC1c2cc3ccccc3cc2Oc2cc3ccccc3cc21. The molecule has 4 aromatic rings. The van der Waals surface area contributed by atoms with E-state index in [0.717, 1.165) is 44.2 Å². The van der Waals surface area contributed by atoms with Crippen LogP contribution in [-0.4, -0.2) is 5.11 Å². The molecule has 1 N–H and O–H groups in total. The summed E-state index contributed by atoms with van der Waals surface area (Å²) in [6, 6.07) is 24.3. The van der Waals surface area contributed by atoms with E-state index in [1.54, 1.807) is 0 Å². The van der Waals surface area contributed by atoms with E-state index >= 15 is 0 Å². The molecule has 2 heteroatoms. The second-order valence-electron chi connectivity index (χ2n) is 5.98. The summed E-state index contributed by atoms with van der Waals surface area (Å²) < 4.78 is 6.10. The van der Waals surface area contributed by atoms with E-state index in [9.17, 15) is 5.11 Å². The molecule has 1 aliphatic heterocycles. The standard InChI is InChI=1S/C21H14O2/c22-21-17-9-13-5-1-3-7-15(13)11-19(17)23-20-12-16-8-4-2-6-14(16)10-18(20)21/h1-12,21-22H. The molecule has 0 atom stereocenters. The molecular weight excluding hydrogens is 284 g/mol. The Balaban J connectivity index is 1.76. The van der Waals surface area contributed by atoms with Gasteiger partial charge in [-0.05, 0) is 45.8 Å². The van der Waals surface area contributed by atoms with E-state index in [4.69, 9.17) is 4.74 Å². The molecule has 0 bridgehead atoms. The smallest absolute Gasteiger partial charge is 0.134 e. The maximum Gasteiger partial charge on any atom is 0.134 e. The first kappa shape index (κ1) is 12.7. The van der Waals surface area contributed by atoms with Crippen molar-refractivity contribution in [2.45, 2.75) is 6.10 Å². The Morgan fingerprint density at radius 1 is 0.609 bits per heavy atom. The number of fused-ring (bicyclic) bond motifs is 4. The van der Waals surface area contributed by atoms with Crippen LogP contribution in [0.5, 0.6) is 11.5 Å². The van der Waals surface area contributed by atoms with Gasteiger partial charge in [-0.25, -0.2) is 0 Å². The summed E-state index contributed by atoms with van der Waals surface area (Å²) in [4.78, 5) is 0. The van der Waals surface area contributed by atoms with Crippen LogP contribution in [0.1, 0.15) is 17.2 Å². The van der Waals surface area contributed by atoms with Crippen molar-refractivity contribution >= 4 is 21.5 Å². The second-order valence-corrected chi connectivity index (χ2v) is 5.98. The molecule has 0 aliphatic carbocycles. The monoisotopic (exact) mass is 298 g/mol. The van der Waals surface area contributed by atoms with Gasteiger partial charge in [0.2, 0.25) is 0 Å². The Morgan fingerprint density at radius 3 is 1.43 bits per heavy atom. The van der Waals surface area contributed by atoms with E-state index in [-0.39, 0.29) is 0 Å². The zero-order chi connectivity index (χ0) is 15.4. The summed E-state index contributed by atoms with van der Waals surface area (Å²) in [6.45, 7) is 0. The number of ether oxygens (including phenoxy) is 1. The number of aliphatic hydroxyl groups is 1. The summed E-state index contributed by atoms with van der Waals surface area (Å²) in [7, 11) is 0. The molecule has 0 saturated heterocycles. The predicted molar refractivity (Wildman–Crippen MR) is 92.0 cm³/mol. The van der Waals surface area contributed by atoms with Crippen molar-refractivity contribution in [1.29, 1.82) is 0 Å². The van der Waals surface area contributed by atoms with Crippen LogP contribution in [0.15, 0.2) is 72.8 Å². The van der Waals surface area contributed by atoms with E-state index in [2.05, 4.69) is 24.3 Å². The Bertz CT molecular complexity index is 981. The number of aliphatic hydroxyl groups excluding tert-OH is 1. The Hall–Kier alpha value is -2.84. The average molecular weight is 298 g/mol. The lowest BCUT2D eigenvalue weighted by atomic mass is 9.93. The highest BCUT2D eigenvalue weighted by Gasteiger charge is 2.26. The lowest BCUT2D eigenvalue weighted by Gasteiger charge is -2.26. The maximum absolute atomic E-state index is 10.9. The molecule has 0 saturated carbocycles. The van der Waals surface area contributed by atoms with Crippen LogP contribution in [-0.2, 0) is 0 Å². The average Bonchev–Trinajstić information content (AvgIpc) is 2.59. The summed E-state index contributed by atoms with van der Waals surface area (Å²) >= 11 is 0. The molecule has 4 aromatic carbocycles. The minimum absolute atomic E-state index is 0.664. The van der Waals surface area contributed by atoms with Gasteiger partial charge in [0.05, 0.1) is 0 Å². The number of hydrogen-bond acceptors (Lipinski definition) is 2. The van der Waals surface area contributed by atoms with Crippen molar-refractivity contribution in [2.24, 2.45) is 0 Å². The lowest BCUT2D eigenvalue weighted by molar-refractivity contribution is 0.203. The van der Waals surface area contributed by atoms with Crippen molar-refractivity contribution in [2.75, 3.05) is 0 Å². The molecule has 0 spiro atoms. The van der Waals surface area contributed by atoms with Gasteiger partial charge < -0.3 is 9.84 Å². The topological polar surface area (TPSA) is 29.5 Å². The van der Waals surface area contributed by atoms with Crippen molar-refractivity contribution in [3.05, 3.63) is 83.9 Å². The first-order valence-electron chi connectivity index (χ1n) is 7.71. The predicted octanol–water partition coefficient (Wildman–Crippen LogP) is 5.18. The molecule has 110 valence electrons.